The first kappa shape index (κ1) is 13.5. The van der Waals surface area contributed by atoms with Crippen LogP contribution in [0.4, 0.5) is 4.79 Å². The van der Waals surface area contributed by atoms with Gasteiger partial charge < -0.3 is 10.0 Å². The number of carbonyl (C=O) groups is 1. The van der Waals surface area contributed by atoms with Crippen molar-refractivity contribution >= 4 is 6.09 Å². The van der Waals surface area contributed by atoms with E-state index in [0.717, 1.165) is 25.9 Å². The van der Waals surface area contributed by atoms with Crippen LogP contribution in [0, 0.1) is 19.3 Å². The summed E-state index contributed by atoms with van der Waals surface area (Å²) in [6.45, 7) is 5.78. The summed E-state index contributed by atoms with van der Waals surface area (Å²) >= 11 is 0. The van der Waals surface area contributed by atoms with Crippen molar-refractivity contribution in [2.45, 2.75) is 45.4 Å². The number of hydrogen-bond acceptors (Lipinski definition) is 1. The SMILES string of the molecule is Cc1ccc(C2CC3(CCN(C(=O)O)CC3)C2)c(C)c1. The summed E-state index contributed by atoms with van der Waals surface area (Å²) in [7, 11) is 0. The van der Waals surface area contributed by atoms with Crippen molar-refractivity contribution in [3.63, 3.8) is 0 Å². The fourth-order valence-electron chi connectivity index (χ4n) is 4.07. The van der Waals surface area contributed by atoms with Gasteiger partial charge in [0.15, 0.2) is 0 Å². The minimum Gasteiger partial charge on any atom is -0.465 e. The summed E-state index contributed by atoms with van der Waals surface area (Å²) < 4.78 is 0. The van der Waals surface area contributed by atoms with Gasteiger partial charge in [0.25, 0.3) is 0 Å². The van der Waals surface area contributed by atoms with Gasteiger partial charge in [-0.25, -0.2) is 4.79 Å². The highest BCUT2D eigenvalue weighted by atomic mass is 16.4. The smallest absolute Gasteiger partial charge is 0.407 e. The van der Waals surface area contributed by atoms with Crippen molar-refractivity contribution in [1.29, 1.82) is 0 Å². The number of benzene rings is 1. The van der Waals surface area contributed by atoms with Gasteiger partial charge in [0.05, 0.1) is 0 Å². The fourth-order valence-corrected chi connectivity index (χ4v) is 4.07. The lowest BCUT2D eigenvalue weighted by atomic mass is 9.55. The van der Waals surface area contributed by atoms with Crippen molar-refractivity contribution in [2.24, 2.45) is 5.41 Å². The van der Waals surface area contributed by atoms with Crippen LogP contribution in [0.1, 0.15) is 48.3 Å². The molecule has 1 N–H and O–H groups in total. The lowest BCUT2D eigenvalue weighted by molar-refractivity contribution is 0.0188. The van der Waals surface area contributed by atoms with Gasteiger partial charge in [-0.05, 0) is 62.0 Å². The predicted molar refractivity (Wildman–Crippen MR) is 79.2 cm³/mol. The normalized spacial score (nSPS) is 21.8. The molecule has 0 bridgehead atoms. The van der Waals surface area contributed by atoms with Gasteiger partial charge in [-0.15, -0.1) is 0 Å². The van der Waals surface area contributed by atoms with Crippen LogP contribution in [-0.4, -0.2) is 29.2 Å². The summed E-state index contributed by atoms with van der Waals surface area (Å²) in [5.41, 5.74) is 4.67. The molecule has 108 valence electrons. The second-order valence-corrected chi connectivity index (χ2v) is 6.73. The van der Waals surface area contributed by atoms with Crippen molar-refractivity contribution in [3.8, 4) is 0 Å². The van der Waals surface area contributed by atoms with E-state index >= 15 is 0 Å². The number of hydrogen-bond donors (Lipinski definition) is 1. The number of likely N-dealkylation sites (tertiary alicyclic amines) is 1. The second-order valence-electron chi connectivity index (χ2n) is 6.73. The Kier molecular flexibility index (Phi) is 3.23. The molecule has 1 heterocycles. The molecule has 1 amide bonds. The number of carboxylic acid groups (broad SMARTS) is 1. The molecule has 20 heavy (non-hydrogen) atoms. The van der Waals surface area contributed by atoms with Crippen LogP contribution in [0.25, 0.3) is 0 Å². The quantitative estimate of drug-likeness (QED) is 0.842. The molecule has 1 saturated heterocycles. The van der Waals surface area contributed by atoms with E-state index in [1.54, 1.807) is 4.90 Å². The third kappa shape index (κ3) is 2.30. The first-order valence-electron chi connectivity index (χ1n) is 7.54. The van der Waals surface area contributed by atoms with Gasteiger partial charge in [0.2, 0.25) is 0 Å². The monoisotopic (exact) mass is 273 g/mol. The van der Waals surface area contributed by atoms with Gasteiger partial charge in [-0.2, -0.15) is 0 Å². The standard InChI is InChI=1S/C17H23NO2/c1-12-3-4-15(13(2)9-12)14-10-17(11-14)5-7-18(8-6-17)16(19)20/h3-4,9,14H,5-8,10-11H2,1-2H3,(H,19,20). The minimum absolute atomic E-state index is 0.425. The maximum absolute atomic E-state index is 11.0. The first-order valence-corrected chi connectivity index (χ1v) is 7.54. The van der Waals surface area contributed by atoms with Gasteiger partial charge in [0, 0.05) is 13.1 Å². The summed E-state index contributed by atoms with van der Waals surface area (Å²) in [6.07, 6.45) is 3.81. The molecule has 3 rings (SSSR count). The fraction of sp³-hybridized carbons (Fsp3) is 0.588. The zero-order valence-electron chi connectivity index (χ0n) is 12.4. The predicted octanol–water partition coefficient (Wildman–Crippen LogP) is 3.94. The van der Waals surface area contributed by atoms with Crippen LogP contribution in [0.5, 0.6) is 0 Å². The average Bonchev–Trinajstić information content (AvgIpc) is 2.36. The van der Waals surface area contributed by atoms with Crippen molar-refractivity contribution in [1.82, 2.24) is 4.90 Å². The Balaban J connectivity index is 1.63. The molecule has 0 radical (unpaired) electrons. The Morgan fingerprint density at radius 2 is 1.90 bits per heavy atom. The number of piperidine rings is 1. The average molecular weight is 273 g/mol. The van der Waals surface area contributed by atoms with Crippen LogP contribution in [0.3, 0.4) is 0 Å². The third-order valence-corrected chi connectivity index (χ3v) is 5.32. The van der Waals surface area contributed by atoms with Crippen molar-refractivity contribution in [3.05, 3.63) is 34.9 Å². The van der Waals surface area contributed by atoms with Crippen LogP contribution >= 0.6 is 0 Å². The Labute approximate surface area is 120 Å². The van der Waals surface area contributed by atoms with Gasteiger partial charge in [-0.3, -0.25) is 0 Å². The molecule has 0 atom stereocenters. The van der Waals surface area contributed by atoms with Crippen LogP contribution < -0.4 is 0 Å². The molecule has 2 aliphatic rings. The molecule has 1 aromatic rings. The third-order valence-electron chi connectivity index (χ3n) is 5.32. The Morgan fingerprint density at radius 1 is 1.25 bits per heavy atom. The van der Waals surface area contributed by atoms with E-state index in [4.69, 9.17) is 5.11 Å². The van der Waals surface area contributed by atoms with Crippen LogP contribution in [-0.2, 0) is 0 Å². The molecule has 0 aromatic heterocycles. The molecule has 1 aliphatic carbocycles. The van der Waals surface area contributed by atoms with E-state index in [-0.39, 0.29) is 0 Å². The molecule has 2 fully saturated rings. The van der Waals surface area contributed by atoms with E-state index in [1.807, 2.05) is 0 Å². The topological polar surface area (TPSA) is 40.5 Å². The first-order chi connectivity index (χ1) is 9.49. The molecule has 1 saturated carbocycles. The van der Waals surface area contributed by atoms with Crippen LogP contribution in [0.2, 0.25) is 0 Å². The summed E-state index contributed by atoms with van der Waals surface area (Å²) in [6, 6.07) is 6.77. The van der Waals surface area contributed by atoms with Crippen molar-refractivity contribution < 1.29 is 9.90 Å². The highest BCUT2D eigenvalue weighted by Gasteiger charge is 2.46. The molecule has 1 aromatic carbocycles. The highest BCUT2D eigenvalue weighted by molar-refractivity contribution is 5.65. The molecule has 1 aliphatic heterocycles. The number of aryl methyl sites for hydroxylation is 2. The summed E-state index contributed by atoms with van der Waals surface area (Å²) in [4.78, 5) is 12.5. The van der Waals surface area contributed by atoms with E-state index in [1.165, 1.54) is 29.5 Å². The van der Waals surface area contributed by atoms with Crippen molar-refractivity contribution in [2.75, 3.05) is 13.1 Å². The van der Waals surface area contributed by atoms with E-state index in [0.29, 0.717) is 11.3 Å². The Hall–Kier alpha value is -1.51. The van der Waals surface area contributed by atoms with E-state index in [9.17, 15) is 4.79 Å². The van der Waals surface area contributed by atoms with E-state index < -0.39 is 6.09 Å². The van der Waals surface area contributed by atoms with E-state index in [2.05, 4.69) is 32.0 Å². The van der Waals surface area contributed by atoms with Gasteiger partial charge >= 0.3 is 6.09 Å². The Bertz CT molecular complexity index is 522. The van der Waals surface area contributed by atoms with Gasteiger partial charge in [-0.1, -0.05) is 23.8 Å². The maximum atomic E-state index is 11.0. The highest BCUT2D eigenvalue weighted by Crippen LogP contribution is 2.57. The minimum atomic E-state index is -0.759. The maximum Gasteiger partial charge on any atom is 0.407 e. The molecular weight excluding hydrogens is 250 g/mol. The molecule has 1 spiro atoms. The summed E-state index contributed by atoms with van der Waals surface area (Å²) in [5.74, 6) is 0.687. The molecule has 3 nitrogen and oxygen atoms in total. The largest absolute Gasteiger partial charge is 0.465 e. The number of rotatable bonds is 1. The lowest BCUT2D eigenvalue weighted by Gasteiger charge is -2.52. The van der Waals surface area contributed by atoms with Crippen LogP contribution in [0.15, 0.2) is 18.2 Å². The zero-order chi connectivity index (χ0) is 14.3. The Morgan fingerprint density at radius 3 is 2.45 bits per heavy atom. The summed E-state index contributed by atoms with van der Waals surface area (Å²) in [5, 5.41) is 9.02. The number of amides is 1. The zero-order valence-corrected chi connectivity index (χ0v) is 12.4. The molecular formula is C17H23NO2. The second kappa shape index (κ2) is 4.80. The lowest BCUT2D eigenvalue weighted by Crippen LogP contribution is -2.47. The molecule has 3 heteroatoms. The molecule has 0 unspecified atom stereocenters. The van der Waals surface area contributed by atoms with Gasteiger partial charge in [0.1, 0.15) is 0 Å². The number of nitrogens with zero attached hydrogens (tertiary/aromatic N) is 1.